The lowest BCUT2D eigenvalue weighted by Gasteiger charge is -1.94. The summed E-state index contributed by atoms with van der Waals surface area (Å²) in [6, 6.07) is 9.60. The zero-order valence-corrected chi connectivity index (χ0v) is 8.14. The number of benzene rings is 1. The van der Waals surface area contributed by atoms with Gasteiger partial charge < -0.3 is 5.43 Å². The zero-order chi connectivity index (χ0) is 5.82. The Labute approximate surface area is 84.8 Å². The van der Waals surface area contributed by atoms with Crippen LogP contribution in [0.2, 0.25) is 0 Å². The van der Waals surface area contributed by atoms with Gasteiger partial charge in [-0.3, -0.25) is 5.84 Å². The van der Waals surface area contributed by atoms with E-state index in [0.717, 1.165) is 5.69 Å². The van der Waals surface area contributed by atoms with Crippen molar-refractivity contribution in [2.45, 2.75) is 0 Å². The van der Waals surface area contributed by atoms with Crippen molar-refractivity contribution in [1.29, 1.82) is 0 Å². The molecule has 0 fully saturated rings. The van der Waals surface area contributed by atoms with Gasteiger partial charge in [0.25, 0.3) is 0 Å². The van der Waals surface area contributed by atoms with Gasteiger partial charge in [-0.2, -0.15) is 0 Å². The molecule has 0 bridgehead atoms. The summed E-state index contributed by atoms with van der Waals surface area (Å²) in [4.78, 5) is 0. The highest BCUT2D eigenvalue weighted by Crippen LogP contribution is 2.00. The summed E-state index contributed by atoms with van der Waals surface area (Å²) in [6.07, 6.45) is 0. The van der Waals surface area contributed by atoms with Crippen molar-refractivity contribution in [3.8, 4) is 0 Å². The molecule has 0 unspecified atom stereocenters. The summed E-state index contributed by atoms with van der Waals surface area (Å²) in [5.41, 5.74) is 3.46. The van der Waals surface area contributed by atoms with E-state index >= 15 is 0 Å². The van der Waals surface area contributed by atoms with Gasteiger partial charge in [0, 0.05) is 5.69 Å². The van der Waals surface area contributed by atoms with Crippen molar-refractivity contribution >= 4 is 42.9 Å². The molecule has 0 saturated carbocycles. The Morgan fingerprint density at radius 2 is 1.36 bits per heavy atom. The fraction of sp³-hybridized carbons (Fsp3) is 0. The van der Waals surface area contributed by atoms with E-state index in [4.69, 9.17) is 5.84 Å². The van der Waals surface area contributed by atoms with Crippen LogP contribution in [0, 0.1) is 0 Å². The number of halogens is 3. The fourth-order valence-electron chi connectivity index (χ4n) is 0.534. The second kappa shape index (κ2) is 9.85. The van der Waals surface area contributed by atoms with Gasteiger partial charge in [-0.05, 0) is 12.1 Å². The van der Waals surface area contributed by atoms with Gasteiger partial charge in [0.15, 0.2) is 0 Å². The molecule has 0 aromatic heterocycles. The molecular weight excluding hydrogens is 206 g/mol. The van der Waals surface area contributed by atoms with E-state index in [2.05, 4.69) is 5.43 Å². The summed E-state index contributed by atoms with van der Waals surface area (Å²) in [5, 5.41) is 0. The molecule has 5 heteroatoms. The first-order valence-electron chi connectivity index (χ1n) is 2.45. The Balaban J connectivity index is -0.000000213. The summed E-state index contributed by atoms with van der Waals surface area (Å²) >= 11 is 0. The molecule has 0 amide bonds. The van der Waals surface area contributed by atoms with Crippen LogP contribution in [-0.2, 0) is 0 Å². The minimum absolute atomic E-state index is 0. The van der Waals surface area contributed by atoms with Crippen LogP contribution in [0.15, 0.2) is 30.3 Å². The van der Waals surface area contributed by atoms with Crippen molar-refractivity contribution in [1.82, 2.24) is 0 Å². The Kier molecular flexibility index (Phi) is 15.3. The monoisotopic (exact) mass is 216 g/mol. The maximum absolute atomic E-state index is 5.10. The van der Waals surface area contributed by atoms with Crippen molar-refractivity contribution < 1.29 is 0 Å². The van der Waals surface area contributed by atoms with E-state index < -0.39 is 0 Å². The van der Waals surface area contributed by atoms with Crippen LogP contribution < -0.4 is 11.3 Å². The Hall–Kier alpha value is -0.150. The smallest absolute Gasteiger partial charge is 0.0485 e. The van der Waals surface area contributed by atoms with Gasteiger partial charge in [0.1, 0.15) is 0 Å². The van der Waals surface area contributed by atoms with Gasteiger partial charge in [0.05, 0.1) is 0 Å². The number of rotatable bonds is 1. The van der Waals surface area contributed by atoms with Crippen LogP contribution in [-0.4, -0.2) is 0 Å². The molecule has 0 aliphatic carbocycles. The number of nitrogens with two attached hydrogens (primary N) is 1. The number of para-hydroxylation sites is 1. The molecule has 1 aromatic rings. The van der Waals surface area contributed by atoms with Gasteiger partial charge >= 0.3 is 0 Å². The highest BCUT2D eigenvalue weighted by molar-refractivity contribution is 5.86. The molecular formula is C6H11Cl3N2. The maximum Gasteiger partial charge on any atom is 0.0485 e. The fourth-order valence-corrected chi connectivity index (χ4v) is 0.534. The van der Waals surface area contributed by atoms with Crippen LogP contribution in [0.1, 0.15) is 0 Å². The topological polar surface area (TPSA) is 38.0 Å². The average Bonchev–Trinajstić information content (AvgIpc) is 1.90. The molecule has 0 radical (unpaired) electrons. The third kappa shape index (κ3) is 6.26. The van der Waals surface area contributed by atoms with E-state index in [1.165, 1.54) is 0 Å². The van der Waals surface area contributed by atoms with Crippen LogP contribution in [0.5, 0.6) is 0 Å². The summed E-state index contributed by atoms with van der Waals surface area (Å²) < 4.78 is 0. The predicted octanol–water partition coefficient (Wildman–Crippen LogP) is 2.24. The molecule has 0 heterocycles. The molecule has 2 nitrogen and oxygen atoms in total. The molecule has 0 saturated heterocycles. The zero-order valence-electron chi connectivity index (χ0n) is 5.69. The van der Waals surface area contributed by atoms with Crippen molar-refractivity contribution in [3.05, 3.63) is 30.3 Å². The molecule has 3 N–H and O–H groups in total. The predicted molar refractivity (Wildman–Crippen MR) is 56.0 cm³/mol. The Morgan fingerprint density at radius 1 is 0.909 bits per heavy atom. The molecule has 1 rings (SSSR count). The SMILES string of the molecule is Cl.Cl.Cl.NNc1ccccc1. The van der Waals surface area contributed by atoms with E-state index in [0.29, 0.717) is 0 Å². The van der Waals surface area contributed by atoms with Crippen molar-refractivity contribution in [3.63, 3.8) is 0 Å². The lowest BCUT2D eigenvalue weighted by molar-refractivity contribution is 1.35. The lowest BCUT2D eigenvalue weighted by Crippen LogP contribution is -2.05. The quantitative estimate of drug-likeness (QED) is 0.559. The number of nitrogens with one attached hydrogen (secondary N) is 1. The minimum atomic E-state index is 0. The van der Waals surface area contributed by atoms with E-state index in [1.807, 2.05) is 30.3 Å². The standard InChI is InChI=1S/C6H8N2.3ClH/c7-8-6-4-2-1-3-5-6;;;/h1-5,8H,7H2;3*1H. The molecule has 0 aliphatic heterocycles. The number of hydrogen-bond donors (Lipinski definition) is 2. The van der Waals surface area contributed by atoms with E-state index in [1.54, 1.807) is 0 Å². The van der Waals surface area contributed by atoms with Gasteiger partial charge in [-0.25, -0.2) is 0 Å². The maximum atomic E-state index is 5.10. The summed E-state index contributed by atoms with van der Waals surface area (Å²) in [6.45, 7) is 0. The second-order valence-electron chi connectivity index (χ2n) is 1.51. The van der Waals surface area contributed by atoms with Gasteiger partial charge in [-0.1, -0.05) is 18.2 Å². The highest BCUT2D eigenvalue weighted by Gasteiger charge is 1.78. The Bertz CT molecular complexity index is 157. The number of hydrazine groups is 1. The lowest BCUT2D eigenvalue weighted by atomic mass is 10.3. The third-order valence-electron chi connectivity index (χ3n) is 0.940. The highest BCUT2D eigenvalue weighted by atomic mass is 35.5. The number of anilines is 1. The minimum Gasteiger partial charge on any atom is -0.324 e. The first-order chi connectivity index (χ1) is 3.93. The van der Waals surface area contributed by atoms with Crippen LogP contribution >= 0.6 is 37.2 Å². The second-order valence-corrected chi connectivity index (χ2v) is 1.51. The van der Waals surface area contributed by atoms with Gasteiger partial charge in [0.2, 0.25) is 0 Å². The molecule has 1 aromatic carbocycles. The average molecular weight is 218 g/mol. The van der Waals surface area contributed by atoms with Crippen LogP contribution in [0.4, 0.5) is 5.69 Å². The van der Waals surface area contributed by atoms with E-state index in [9.17, 15) is 0 Å². The Morgan fingerprint density at radius 3 is 1.64 bits per heavy atom. The third-order valence-corrected chi connectivity index (χ3v) is 0.940. The van der Waals surface area contributed by atoms with Crippen molar-refractivity contribution in [2.24, 2.45) is 5.84 Å². The molecule has 0 spiro atoms. The normalized spacial score (nSPS) is 6.27. The molecule has 0 atom stereocenters. The van der Waals surface area contributed by atoms with E-state index in [-0.39, 0.29) is 37.2 Å². The largest absolute Gasteiger partial charge is 0.324 e. The van der Waals surface area contributed by atoms with Crippen LogP contribution in [0.3, 0.4) is 0 Å². The van der Waals surface area contributed by atoms with Crippen molar-refractivity contribution in [2.75, 3.05) is 5.43 Å². The van der Waals surface area contributed by atoms with Gasteiger partial charge in [-0.15, -0.1) is 37.2 Å². The number of nitrogen functional groups attached to an aromatic ring is 1. The first kappa shape index (κ1) is 17.1. The summed E-state index contributed by atoms with van der Waals surface area (Å²) in [7, 11) is 0. The summed E-state index contributed by atoms with van der Waals surface area (Å²) in [5.74, 6) is 5.10. The first-order valence-corrected chi connectivity index (χ1v) is 2.45. The molecule has 66 valence electrons. The number of hydrogen-bond acceptors (Lipinski definition) is 2. The molecule has 11 heavy (non-hydrogen) atoms. The van der Waals surface area contributed by atoms with Crippen LogP contribution in [0.25, 0.3) is 0 Å². The molecule has 0 aliphatic rings.